The average Bonchev–Trinajstić information content (AvgIpc) is 2.27. The van der Waals surface area contributed by atoms with Gasteiger partial charge in [-0.25, -0.2) is 0 Å². The molecule has 15 heavy (non-hydrogen) atoms. The van der Waals surface area contributed by atoms with Crippen molar-refractivity contribution < 1.29 is 5.11 Å². The molecule has 2 N–H and O–H groups in total. The Kier molecular flexibility index (Phi) is 5.44. The minimum Gasteiger partial charge on any atom is -0.389 e. The standard InChI is InChI=1S/C12H25NOS/c1-4-12(2,14)9-13-10-5-7-11(15-3)8-6-10/h10-11,13-14H,4-9H2,1-3H3. The maximum Gasteiger partial charge on any atom is 0.0741 e. The van der Waals surface area contributed by atoms with Crippen molar-refractivity contribution in [3.05, 3.63) is 0 Å². The lowest BCUT2D eigenvalue weighted by Crippen LogP contribution is -2.43. The zero-order valence-corrected chi connectivity index (χ0v) is 11.1. The summed E-state index contributed by atoms with van der Waals surface area (Å²) < 4.78 is 0. The summed E-state index contributed by atoms with van der Waals surface area (Å²) in [7, 11) is 0. The van der Waals surface area contributed by atoms with Gasteiger partial charge in [0.25, 0.3) is 0 Å². The van der Waals surface area contributed by atoms with Crippen molar-refractivity contribution in [1.82, 2.24) is 5.32 Å². The Bertz CT molecular complexity index is 176. The molecule has 0 radical (unpaired) electrons. The summed E-state index contributed by atoms with van der Waals surface area (Å²) in [6, 6.07) is 0.631. The third-order valence-electron chi connectivity index (χ3n) is 3.54. The maximum atomic E-state index is 9.89. The van der Waals surface area contributed by atoms with Gasteiger partial charge >= 0.3 is 0 Å². The SMILES string of the molecule is CCC(C)(O)CNC1CCC(SC)CC1. The van der Waals surface area contributed by atoms with E-state index in [1.807, 2.05) is 25.6 Å². The van der Waals surface area contributed by atoms with Crippen molar-refractivity contribution in [1.29, 1.82) is 0 Å². The van der Waals surface area contributed by atoms with E-state index in [2.05, 4.69) is 11.6 Å². The summed E-state index contributed by atoms with van der Waals surface area (Å²) in [6.07, 6.45) is 8.22. The fourth-order valence-corrected chi connectivity index (χ4v) is 2.74. The van der Waals surface area contributed by atoms with E-state index < -0.39 is 5.60 Å². The normalized spacial score (nSPS) is 31.2. The number of rotatable bonds is 5. The topological polar surface area (TPSA) is 32.3 Å². The molecule has 0 bridgehead atoms. The first-order chi connectivity index (χ1) is 7.07. The van der Waals surface area contributed by atoms with Gasteiger partial charge in [0.05, 0.1) is 5.60 Å². The summed E-state index contributed by atoms with van der Waals surface area (Å²) in [5.41, 5.74) is -0.531. The van der Waals surface area contributed by atoms with Crippen LogP contribution in [0.25, 0.3) is 0 Å². The highest BCUT2D eigenvalue weighted by Crippen LogP contribution is 2.27. The largest absolute Gasteiger partial charge is 0.389 e. The van der Waals surface area contributed by atoms with Crippen LogP contribution in [0.15, 0.2) is 0 Å². The summed E-state index contributed by atoms with van der Waals surface area (Å²) >= 11 is 2.00. The second-order valence-corrected chi connectivity index (χ2v) is 6.08. The monoisotopic (exact) mass is 231 g/mol. The molecular formula is C12H25NOS. The molecule has 0 spiro atoms. The molecule has 0 heterocycles. The van der Waals surface area contributed by atoms with E-state index in [0.717, 1.165) is 18.2 Å². The van der Waals surface area contributed by atoms with Crippen molar-refractivity contribution >= 4 is 11.8 Å². The van der Waals surface area contributed by atoms with Crippen molar-refractivity contribution in [3.8, 4) is 0 Å². The van der Waals surface area contributed by atoms with Crippen molar-refractivity contribution in [2.24, 2.45) is 0 Å². The van der Waals surface area contributed by atoms with Crippen molar-refractivity contribution in [2.45, 2.75) is 62.8 Å². The molecule has 1 aliphatic carbocycles. The van der Waals surface area contributed by atoms with Crippen molar-refractivity contribution in [3.63, 3.8) is 0 Å². The molecule has 0 aromatic rings. The predicted molar refractivity (Wildman–Crippen MR) is 68.5 cm³/mol. The molecule has 1 saturated carbocycles. The molecule has 1 unspecified atom stereocenters. The Morgan fingerprint density at radius 1 is 1.33 bits per heavy atom. The average molecular weight is 231 g/mol. The van der Waals surface area contributed by atoms with Crippen LogP contribution in [-0.4, -0.2) is 34.8 Å². The Labute approximate surface area is 98.2 Å². The van der Waals surface area contributed by atoms with Gasteiger partial charge in [-0.15, -0.1) is 0 Å². The number of hydrogen-bond donors (Lipinski definition) is 2. The fourth-order valence-electron chi connectivity index (χ4n) is 1.99. The molecule has 2 nitrogen and oxygen atoms in total. The summed E-state index contributed by atoms with van der Waals surface area (Å²) in [5.74, 6) is 0. The van der Waals surface area contributed by atoms with Crippen LogP contribution < -0.4 is 5.32 Å². The third kappa shape index (κ3) is 4.75. The molecule has 1 atom stereocenters. The van der Waals surface area contributed by atoms with E-state index in [-0.39, 0.29) is 0 Å². The van der Waals surface area contributed by atoms with Gasteiger partial charge in [0.15, 0.2) is 0 Å². The van der Waals surface area contributed by atoms with E-state index in [1.165, 1.54) is 25.7 Å². The lowest BCUT2D eigenvalue weighted by atomic mass is 9.94. The molecule has 1 rings (SSSR count). The highest BCUT2D eigenvalue weighted by molar-refractivity contribution is 7.99. The van der Waals surface area contributed by atoms with Crippen LogP contribution in [0.2, 0.25) is 0 Å². The second kappa shape index (κ2) is 6.12. The number of nitrogens with one attached hydrogen (secondary N) is 1. The molecule has 0 aromatic heterocycles. The van der Waals surface area contributed by atoms with Gasteiger partial charge in [-0.3, -0.25) is 0 Å². The Balaban J connectivity index is 2.19. The van der Waals surface area contributed by atoms with Gasteiger partial charge in [0.2, 0.25) is 0 Å². The molecule has 0 aromatic carbocycles. The zero-order valence-electron chi connectivity index (χ0n) is 10.3. The van der Waals surface area contributed by atoms with Crippen LogP contribution in [0.4, 0.5) is 0 Å². The molecule has 3 heteroatoms. The number of aliphatic hydroxyl groups is 1. The Morgan fingerprint density at radius 3 is 2.40 bits per heavy atom. The lowest BCUT2D eigenvalue weighted by Gasteiger charge is -2.31. The first-order valence-electron chi connectivity index (χ1n) is 6.06. The van der Waals surface area contributed by atoms with Crippen LogP contribution in [-0.2, 0) is 0 Å². The van der Waals surface area contributed by atoms with Crippen molar-refractivity contribution in [2.75, 3.05) is 12.8 Å². The van der Waals surface area contributed by atoms with Crippen LogP contribution in [0, 0.1) is 0 Å². The first-order valence-corrected chi connectivity index (χ1v) is 7.34. The van der Waals surface area contributed by atoms with E-state index in [0.29, 0.717) is 6.04 Å². The molecule has 1 fully saturated rings. The molecule has 0 aliphatic heterocycles. The first kappa shape index (κ1) is 13.3. The van der Waals surface area contributed by atoms with E-state index >= 15 is 0 Å². The predicted octanol–water partition coefficient (Wildman–Crippen LogP) is 2.41. The second-order valence-electron chi connectivity index (χ2n) is 4.94. The molecular weight excluding hydrogens is 206 g/mol. The van der Waals surface area contributed by atoms with Crippen LogP contribution >= 0.6 is 11.8 Å². The molecule has 90 valence electrons. The highest BCUT2D eigenvalue weighted by atomic mass is 32.2. The molecule has 0 amide bonds. The van der Waals surface area contributed by atoms with Crippen LogP contribution in [0.5, 0.6) is 0 Å². The van der Waals surface area contributed by atoms with Gasteiger partial charge in [-0.2, -0.15) is 11.8 Å². The number of thioether (sulfide) groups is 1. The quantitative estimate of drug-likeness (QED) is 0.762. The van der Waals surface area contributed by atoms with Crippen LogP contribution in [0.1, 0.15) is 46.0 Å². The van der Waals surface area contributed by atoms with Gasteiger partial charge < -0.3 is 10.4 Å². The zero-order chi connectivity index (χ0) is 11.3. The maximum absolute atomic E-state index is 9.89. The van der Waals surface area contributed by atoms with Gasteiger partial charge in [-0.1, -0.05) is 6.92 Å². The third-order valence-corrected chi connectivity index (χ3v) is 4.68. The fraction of sp³-hybridized carbons (Fsp3) is 1.00. The Hall–Kier alpha value is 0.270. The Morgan fingerprint density at radius 2 is 1.93 bits per heavy atom. The number of hydrogen-bond acceptors (Lipinski definition) is 3. The van der Waals surface area contributed by atoms with E-state index in [9.17, 15) is 5.11 Å². The van der Waals surface area contributed by atoms with Gasteiger partial charge in [-0.05, 0) is 45.3 Å². The van der Waals surface area contributed by atoms with E-state index in [4.69, 9.17) is 0 Å². The summed E-state index contributed by atoms with van der Waals surface area (Å²) in [4.78, 5) is 0. The summed E-state index contributed by atoms with van der Waals surface area (Å²) in [6.45, 7) is 4.68. The molecule has 0 saturated heterocycles. The van der Waals surface area contributed by atoms with Gasteiger partial charge in [0.1, 0.15) is 0 Å². The lowest BCUT2D eigenvalue weighted by molar-refractivity contribution is 0.0514. The van der Waals surface area contributed by atoms with Gasteiger partial charge in [0, 0.05) is 17.8 Å². The highest BCUT2D eigenvalue weighted by Gasteiger charge is 2.23. The van der Waals surface area contributed by atoms with Crippen LogP contribution in [0.3, 0.4) is 0 Å². The molecule has 1 aliphatic rings. The van der Waals surface area contributed by atoms with E-state index in [1.54, 1.807) is 0 Å². The minimum absolute atomic E-state index is 0.531. The minimum atomic E-state index is -0.531. The smallest absolute Gasteiger partial charge is 0.0741 e. The summed E-state index contributed by atoms with van der Waals surface area (Å²) in [5, 5.41) is 14.3.